The van der Waals surface area contributed by atoms with Gasteiger partial charge in [0.25, 0.3) is 0 Å². The molecule has 65 heavy (non-hydrogen) atoms. The van der Waals surface area contributed by atoms with Crippen molar-refractivity contribution in [1.82, 2.24) is 4.57 Å². The van der Waals surface area contributed by atoms with Crippen LogP contribution in [0.2, 0.25) is 39.3 Å². The zero-order valence-electron chi connectivity index (χ0n) is 38.9. The molecule has 0 radical (unpaired) electrons. The molecule has 10 aromatic rings. The summed E-state index contributed by atoms with van der Waals surface area (Å²) in [5.41, 5.74) is 17.2. The minimum absolute atomic E-state index is 0.270. The third kappa shape index (κ3) is 6.90. The van der Waals surface area contributed by atoms with Crippen LogP contribution in [0.15, 0.2) is 194 Å². The average molecular weight is 873 g/mol. The van der Waals surface area contributed by atoms with E-state index in [9.17, 15) is 0 Å². The van der Waals surface area contributed by atoms with Gasteiger partial charge in [-0.05, 0) is 117 Å². The summed E-state index contributed by atoms with van der Waals surface area (Å²) in [5, 5.41) is 8.00. The van der Waals surface area contributed by atoms with Crippen molar-refractivity contribution in [1.29, 1.82) is 0 Å². The van der Waals surface area contributed by atoms with Crippen molar-refractivity contribution in [2.45, 2.75) is 58.5 Å². The maximum atomic E-state index is 2.54. The third-order valence-corrected chi connectivity index (χ3v) is 18.2. The highest BCUT2D eigenvalue weighted by Crippen LogP contribution is 2.54. The second-order valence-corrected chi connectivity index (χ2v) is 30.8. The zero-order chi connectivity index (χ0) is 44.8. The molecule has 0 saturated carbocycles. The summed E-state index contributed by atoms with van der Waals surface area (Å²) in [5.74, 6) is 0. The van der Waals surface area contributed by atoms with Gasteiger partial charge in [0.15, 0.2) is 0 Å². The van der Waals surface area contributed by atoms with Gasteiger partial charge in [0.2, 0.25) is 0 Å². The van der Waals surface area contributed by atoms with Crippen LogP contribution in [0.3, 0.4) is 0 Å². The van der Waals surface area contributed by atoms with E-state index in [1.165, 1.54) is 110 Å². The predicted octanol–water partition coefficient (Wildman–Crippen LogP) is 16.1. The molecule has 0 spiro atoms. The number of hydrogen-bond donors (Lipinski definition) is 0. The molecule has 318 valence electrons. The molecule has 0 atom stereocenters. The topological polar surface area (TPSA) is 8.17 Å². The summed E-state index contributed by atoms with van der Waals surface area (Å²) in [4.78, 5) is 2.47. The standard InChI is InChI=1S/C61H56N2Si2/c1-61(2)55-39-47(62(45-25-30-48(31-26-45)64(3,4)5)46-27-32-49(33-28-46)65(6,7)8)29-34-52(55)60-51-22-16-15-21-50(51)59(40-56(60)61)63-57-35-23-43(41-17-11-9-12-18-41)37-53(57)54-38-44(24-36-58(54)63)42-19-13-10-14-20-42/h9-40H,1-8H3. The minimum Gasteiger partial charge on any atom is -0.310 e. The first-order valence-electron chi connectivity index (χ1n) is 23.2. The van der Waals surface area contributed by atoms with E-state index in [1.807, 2.05) is 0 Å². The number of rotatable bonds is 8. The minimum atomic E-state index is -1.47. The van der Waals surface area contributed by atoms with Crippen molar-refractivity contribution in [2.24, 2.45) is 0 Å². The third-order valence-electron chi connectivity index (χ3n) is 14.1. The number of fused-ring (bicyclic) bond motifs is 8. The Morgan fingerprint density at radius 2 is 0.846 bits per heavy atom. The lowest BCUT2D eigenvalue weighted by Crippen LogP contribution is -2.37. The van der Waals surface area contributed by atoms with Crippen LogP contribution in [0.1, 0.15) is 25.0 Å². The van der Waals surface area contributed by atoms with Crippen molar-refractivity contribution in [3.05, 3.63) is 205 Å². The van der Waals surface area contributed by atoms with E-state index in [2.05, 4.69) is 257 Å². The smallest absolute Gasteiger partial charge is 0.0775 e. The molecular formula is C61H56N2Si2. The van der Waals surface area contributed by atoms with Gasteiger partial charge in [0, 0.05) is 38.6 Å². The molecule has 0 saturated heterocycles. The molecule has 0 N–H and O–H groups in total. The predicted molar refractivity (Wildman–Crippen MR) is 287 cm³/mol. The van der Waals surface area contributed by atoms with Crippen LogP contribution in [-0.2, 0) is 5.41 Å². The monoisotopic (exact) mass is 872 g/mol. The van der Waals surface area contributed by atoms with Crippen LogP contribution in [-0.4, -0.2) is 20.7 Å². The Morgan fingerprint density at radius 1 is 0.385 bits per heavy atom. The van der Waals surface area contributed by atoms with E-state index in [0.29, 0.717) is 0 Å². The van der Waals surface area contributed by atoms with Crippen molar-refractivity contribution in [3.63, 3.8) is 0 Å². The van der Waals surface area contributed by atoms with E-state index in [4.69, 9.17) is 0 Å². The SMILES string of the molecule is CC1(C)c2cc(N(c3ccc([Si](C)(C)C)cc3)c3ccc([Si](C)(C)C)cc3)ccc2-c2c1cc(-n1c3ccc(-c4ccccc4)cc3c3cc(-c4ccccc4)ccc31)c1ccccc21. The average Bonchev–Trinajstić information content (AvgIpc) is 3.76. The van der Waals surface area contributed by atoms with Gasteiger partial charge in [-0.1, -0.05) is 191 Å². The highest BCUT2D eigenvalue weighted by molar-refractivity contribution is 6.89. The van der Waals surface area contributed by atoms with Gasteiger partial charge < -0.3 is 9.47 Å². The van der Waals surface area contributed by atoms with Gasteiger partial charge in [-0.15, -0.1) is 0 Å². The summed E-state index contributed by atoms with van der Waals surface area (Å²) in [6, 6.07) is 73.3. The van der Waals surface area contributed by atoms with Crippen LogP contribution in [0.4, 0.5) is 17.1 Å². The second-order valence-electron chi connectivity index (χ2n) is 20.7. The molecule has 4 heteroatoms. The number of aromatic nitrogens is 1. The molecule has 0 fully saturated rings. The Kier molecular flexibility index (Phi) is 9.58. The van der Waals surface area contributed by atoms with E-state index in [-0.39, 0.29) is 5.41 Å². The van der Waals surface area contributed by atoms with Crippen molar-refractivity contribution >= 4 is 76.2 Å². The lowest BCUT2D eigenvalue weighted by atomic mass is 9.81. The van der Waals surface area contributed by atoms with Gasteiger partial charge in [-0.3, -0.25) is 0 Å². The Morgan fingerprint density at radius 3 is 1.34 bits per heavy atom. The quantitative estimate of drug-likeness (QED) is 0.138. The van der Waals surface area contributed by atoms with E-state index < -0.39 is 16.1 Å². The number of hydrogen-bond acceptors (Lipinski definition) is 1. The van der Waals surface area contributed by atoms with Gasteiger partial charge in [0.1, 0.15) is 0 Å². The van der Waals surface area contributed by atoms with Crippen LogP contribution >= 0.6 is 0 Å². The molecular weight excluding hydrogens is 817 g/mol. The molecule has 0 aliphatic heterocycles. The fourth-order valence-corrected chi connectivity index (χ4v) is 12.8. The summed E-state index contributed by atoms with van der Waals surface area (Å²) in [6.07, 6.45) is 0. The van der Waals surface area contributed by atoms with Crippen LogP contribution in [0.25, 0.3) is 71.6 Å². The fraction of sp³-hybridized carbons (Fsp3) is 0.148. The van der Waals surface area contributed by atoms with Gasteiger partial charge in [0.05, 0.1) is 32.9 Å². The molecule has 0 bridgehead atoms. The van der Waals surface area contributed by atoms with Gasteiger partial charge >= 0.3 is 0 Å². The Labute approximate surface area is 386 Å². The van der Waals surface area contributed by atoms with Crippen molar-refractivity contribution in [3.8, 4) is 39.1 Å². The van der Waals surface area contributed by atoms with Crippen LogP contribution in [0.5, 0.6) is 0 Å². The highest BCUT2D eigenvalue weighted by Gasteiger charge is 2.38. The van der Waals surface area contributed by atoms with Crippen LogP contribution in [0, 0.1) is 0 Å². The normalized spacial score (nSPS) is 13.4. The lowest BCUT2D eigenvalue weighted by molar-refractivity contribution is 0.660. The molecule has 1 aliphatic carbocycles. The zero-order valence-corrected chi connectivity index (χ0v) is 40.9. The molecule has 0 amide bonds. The summed E-state index contributed by atoms with van der Waals surface area (Å²) < 4.78 is 2.54. The Bertz CT molecular complexity index is 3290. The van der Waals surface area contributed by atoms with Gasteiger partial charge in [-0.25, -0.2) is 0 Å². The van der Waals surface area contributed by atoms with E-state index >= 15 is 0 Å². The first-order valence-corrected chi connectivity index (χ1v) is 30.2. The molecule has 9 aromatic carbocycles. The van der Waals surface area contributed by atoms with E-state index in [1.54, 1.807) is 0 Å². The Hall–Kier alpha value is -6.73. The maximum Gasteiger partial charge on any atom is 0.0775 e. The molecule has 1 aliphatic rings. The van der Waals surface area contributed by atoms with E-state index in [0.717, 1.165) is 0 Å². The molecule has 1 heterocycles. The molecule has 1 aromatic heterocycles. The van der Waals surface area contributed by atoms with Crippen molar-refractivity contribution < 1.29 is 0 Å². The molecule has 2 nitrogen and oxygen atoms in total. The largest absolute Gasteiger partial charge is 0.310 e. The van der Waals surface area contributed by atoms with Crippen LogP contribution < -0.4 is 15.3 Å². The van der Waals surface area contributed by atoms with Gasteiger partial charge in [-0.2, -0.15) is 0 Å². The van der Waals surface area contributed by atoms with Crippen molar-refractivity contribution in [2.75, 3.05) is 4.90 Å². The summed E-state index contributed by atoms with van der Waals surface area (Å²) in [6.45, 7) is 19.4. The lowest BCUT2D eigenvalue weighted by Gasteiger charge is -2.29. The maximum absolute atomic E-state index is 2.54. The first-order chi connectivity index (χ1) is 31.3. The second kappa shape index (κ2) is 15.2. The molecule has 11 rings (SSSR count). The first kappa shape index (κ1) is 41.0. The number of anilines is 3. The summed E-state index contributed by atoms with van der Waals surface area (Å²) in [7, 11) is -2.95. The molecule has 0 unspecified atom stereocenters. The fourth-order valence-electron chi connectivity index (χ4n) is 10.4. The highest BCUT2D eigenvalue weighted by atomic mass is 28.3. The Balaban J connectivity index is 1.10. The summed E-state index contributed by atoms with van der Waals surface area (Å²) >= 11 is 0. The number of benzene rings is 9. The number of nitrogens with zero attached hydrogens (tertiary/aromatic N) is 2.